The number of hydrogen-bond acceptors (Lipinski definition) is 4. The lowest BCUT2D eigenvalue weighted by Crippen LogP contribution is -2.31. The molecule has 1 N–H and O–H groups in total. The Morgan fingerprint density at radius 3 is 2.67 bits per heavy atom. The van der Waals surface area contributed by atoms with Crippen molar-refractivity contribution < 1.29 is 13.2 Å². The molecule has 0 radical (unpaired) electrons. The van der Waals surface area contributed by atoms with E-state index in [4.69, 9.17) is 0 Å². The van der Waals surface area contributed by atoms with Crippen molar-refractivity contribution in [1.29, 1.82) is 0 Å². The van der Waals surface area contributed by atoms with Crippen LogP contribution in [0.2, 0.25) is 0 Å². The highest BCUT2D eigenvalue weighted by atomic mass is 19.4. The van der Waals surface area contributed by atoms with Crippen molar-refractivity contribution >= 4 is 0 Å². The van der Waals surface area contributed by atoms with Crippen molar-refractivity contribution in [3.05, 3.63) is 64.9 Å². The maximum absolute atomic E-state index is 12.8. The van der Waals surface area contributed by atoms with Gasteiger partial charge in [0.25, 0.3) is 0 Å². The third-order valence-electron chi connectivity index (χ3n) is 4.72. The average molecular weight is 373 g/mol. The van der Waals surface area contributed by atoms with E-state index < -0.39 is 12.0 Å². The van der Waals surface area contributed by atoms with Gasteiger partial charge in [-0.2, -0.15) is 18.3 Å². The van der Waals surface area contributed by atoms with Crippen LogP contribution >= 0.6 is 0 Å². The Morgan fingerprint density at radius 2 is 1.93 bits per heavy atom. The first-order chi connectivity index (χ1) is 12.9. The topological polar surface area (TPSA) is 57.7 Å². The number of benzene rings is 1. The first-order valence-electron chi connectivity index (χ1n) is 8.64. The summed E-state index contributed by atoms with van der Waals surface area (Å²) in [5.74, 6) is -1.06. The first kappa shape index (κ1) is 17.7. The highest BCUT2D eigenvalue weighted by Crippen LogP contribution is 2.29. The highest BCUT2D eigenvalue weighted by Gasteiger charge is 2.35. The molecule has 3 heterocycles. The van der Waals surface area contributed by atoms with Gasteiger partial charge in [0.2, 0.25) is 5.82 Å². The molecule has 0 unspecified atom stereocenters. The van der Waals surface area contributed by atoms with Crippen LogP contribution in [0.4, 0.5) is 13.2 Å². The van der Waals surface area contributed by atoms with Crippen molar-refractivity contribution in [1.82, 2.24) is 25.1 Å². The molecule has 0 saturated carbocycles. The highest BCUT2D eigenvalue weighted by molar-refractivity contribution is 5.62. The molecule has 0 atom stereocenters. The number of alkyl halides is 3. The van der Waals surface area contributed by atoms with Crippen LogP contribution in [-0.2, 0) is 25.7 Å². The van der Waals surface area contributed by atoms with E-state index in [2.05, 4.69) is 25.1 Å². The number of halogens is 3. The quantitative estimate of drug-likeness (QED) is 0.760. The van der Waals surface area contributed by atoms with Crippen LogP contribution < -0.4 is 0 Å². The smallest absolute Gasteiger partial charge is 0.294 e. The lowest BCUT2D eigenvalue weighted by atomic mass is 10.0. The number of nitrogens with one attached hydrogen (secondary N) is 1. The van der Waals surface area contributed by atoms with Crippen LogP contribution in [0.3, 0.4) is 0 Å². The normalized spacial score (nSPS) is 15.0. The van der Waals surface area contributed by atoms with E-state index >= 15 is 0 Å². The van der Waals surface area contributed by atoms with Crippen molar-refractivity contribution in [3.8, 4) is 11.3 Å². The van der Waals surface area contributed by atoms with Crippen LogP contribution in [0.15, 0.2) is 36.7 Å². The van der Waals surface area contributed by atoms with E-state index in [9.17, 15) is 13.2 Å². The molecule has 5 nitrogen and oxygen atoms in total. The molecule has 2 aromatic heterocycles. The molecule has 140 valence electrons. The van der Waals surface area contributed by atoms with Crippen LogP contribution in [0.5, 0.6) is 0 Å². The summed E-state index contributed by atoms with van der Waals surface area (Å²) in [7, 11) is 0. The Balaban J connectivity index is 1.51. The Kier molecular flexibility index (Phi) is 4.43. The molecule has 1 aliphatic rings. The molecule has 0 aliphatic carbocycles. The Bertz CT molecular complexity index is 947. The van der Waals surface area contributed by atoms with Crippen LogP contribution in [0.25, 0.3) is 11.3 Å². The van der Waals surface area contributed by atoms with Gasteiger partial charge in [-0.15, -0.1) is 0 Å². The maximum atomic E-state index is 12.8. The van der Waals surface area contributed by atoms with Crippen molar-refractivity contribution in [2.45, 2.75) is 32.6 Å². The summed E-state index contributed by atoms with van der Waals surface area (Å²) in [6.07, 6.45) is -0.938. The summed E-state index contributed by atoms with van der Waals surface area (Å²) in [5.41, 5.74) is 5.49. The molecule has 3 aromatic rings. The zero-order chi connectivity index (χ0) is 19.0. The van der Waals surface area contributed by atoms with E-state index in [1.54, 1.807) is 6.20 Å². The molecule has 0 bridgehead atoms. The minimum Gasteiger partial charge on any atom is -0.294 e. The second-order valence-electron chi connectivity index (χ2n) is 6.76. The van der Waals surface area contributed by atoms with Gasteiger partial charge in [0, 0.05) is 43.4 Å². The van der Waals surface area contributed by atoms with Gasteiger partial charge in [-0.05, 0) is 12.5 Å². The van der Waals surface area contributed by atoms with Crippen molar-refractivity contribution in [2.24, 2.45) is 0 Å². The molecule has 0 amide bonds. The lowest BCUT2D eigenvalue weighted by Gasteiger charge is -2.28. The van der Waals surface area contributed by atoms with Crippen LogP contribution in [0.1, 0.15) is 28.2 Å². The minimum atomic E-state index is -4.51. The van der Waals surface area contributed by atoms with Gasteiger partial charge in [-0.1, -0.05) is 29.8 Å². The average Bonchev–Trinajstić information content (AvgIpc) is 3.09. The Hall–Kier alpha value is -2.74. The number of nitrogens with zero attached hydrogens (tertiary/aromatic N) is 4. The summed E-state index contributed by atoms with van der Waals surface area (Å²) < 4.78 is 38.3. The van der Waals surface area contributed by atoms with Gasteiger partial charge in [0.1, 0.15) is 0 Å². The zero-order valence-electron chi connectivity index (χ0n) is 14.7. The number of aryl methyl sites for hydroxylation is 1. The van der Waals surface area contributed by atoms with Gasteiger partial charge in [0.05, 0.1) is 17.6 Å². The summed E-state index contributed by atoms with van der Waals surface area (Å²) in [6.45, 7) is 3.85. The number of rotatable bonds is 3. The molecule has 4 rings (SSSR count). The SMILES string of the molecule is Cc1ccc(-c2[nH]ncc2CN2CCc3nc(C(F)(F)F)ncc3C2)cc1. The van der Waals surface area contributed by atoms with E-state index in [-0.39, 0.29) is 0 Å². The lowest BCUT2D eigenvalue weighted by molar-refractivity contribution is -0.145. The third-order valence-corrected chi connectivity index (χ3v) is 4.72. The summed E-state index contributed by atoms with van der Waals surface area (Å²) in [5, 5.41) is 7.22. The first-order valence-corrected chi connectivity index (χ1v) is 8.64. The van der Waals surface area contributed by atoms with Crippen LogP contribution in [-0.4, -0.2) is 31.6 Å². The Morgan fingerprint density at radius 1 is 1.15 bits per heavy atom. The molecule has 1 aromatic carbocycles. The predicted molar refractivity (Wildman–Crippen MR) is 93.6 cm³/mol. The van der Waals surface area contributed by atoms with E-state index in [0.29, 0.717) is 31.7 Å². The number of aromatic amines is 1. The van der Waals surface area contributed by atoms with Gasteiger partial charge >= 0.3 is 6.18 Å². The fourth-order valence-corrected chi connectivity index (χ4v) is 3.29. The summed E-state index contributed by atoms with van der Waals surface area (Å²) in [4.78, 5) is 9.36. The van der Waals surface area contributed by atoms with E-state index in [1.807, 2.05) is 31.2 Å². The molecular formula is C19H18F3N5. The van der Waals surface area contributed by atoms with Gasteiger partial charge in [0.15, 0.2) is 0 Å². The predicted octanol–water partition coefficient (Wildman–Crippen LogP) is 3.75. The number of fused-ring (bicyclic) bond motifs is 1. The fraction of sp³-hybridized carbons (Fsp3) is 0.316. The fourth-order valence-electron chi connectivity index (χ4n) is 3.29. The maximum Gasteiger partial charge on any atom is 0.451 e. The van der Waals surface area contributed by atoms with Gasteiger partial charge in [-0.3, -0.25) is 10.00 Å². The minimum absolute atomic E-state index is 0.471. The van der Waals surface area contributed by atoms with Crippen molar-refractivity contribution in [2.75, 3.05) is 6.54 Å². The standard InChI is InChI=1S/C19H18F3N5/c1-12-2-4-13(5-3-12)17-15(9-24-26-17)11-27-7-6-16-14(10-27)8-23-18(25-16)19(20,21)22/h2-5,8-9H,6-7,10-11H2,1H3,(H,24,26). The van der Waals surface area contributed by atoms with Gasteiger partial charge < -0.3 is 0 Å². The number of aromatic nitrogens is 4. The summed E-state index contributed by atoms with van der Waals surface area (Å²) >= 11 is 0. The van der Waals surface area contributed by atoms with E-state index in [1.165, 1.54) is 11.8 Å². The largest absolute Gasteiger partial charge is 0.451 e. The second-order valence-corrected chi connectivity index (χ2v) is 6.76. The van der Waals surface area contributed by atoms with E-state index in [0.717, 1.165) is 22.4 Å². The zero-order valence-corrected chi connectivity index (χ0v) is 14.7. The molecule has 27 heavy (non-hydrogen) atoms. The summed E-state index contributed by atoms with van der Waals surface area (Å²) in [6, 6.07) is 8.19. The molecule has 0 spiro atoms. The Labute approximate surface area is 154 Å². The van der Waals surface area contributed by atoms with Crippen molar-refractivity contribution in [3.63, 3.8) is 0 Å². The molecule has 0 fully saturated rings. The molecule has 1 aliphatic heterocycles. The molecule has 8 heteroatoms. The van der Waals surface area contributed by atoms with Gasteiger partial charge in [-0.25, -0.2) is 9.97 Å². The number of hydrogen-bond donors (Lipinski definition) is 1. The number of H-pyrrole nitrogens is 1. The molecular weight excluding hydrogens is 355 g/mol. The monoisotopic (exact) mass is 373 g/mol. The molecule has 0 saturated heterocycles. The van der Waals surface area contributed by atoms with Crippen LogP contribution in [0, 0.1) is 6.92 Å². The third kappa shape index (κ3) is 3.71. The second kappa shape index (κ2) is 6.77.